The van der Waals surface area contributed by atoms with Crippen LogP contribution in [0, 0.1) is 11.8 Å². The van der Waals surface area contributed by atoms with Crippen molar-refractivity contribution in [1.29, 1.82) is 0 Å². The number of aromatic nitrogens is 1. The zero-order valence-electron chi connectivity index (χ0n) is 32.9. The van der Waals surface area contributed by atoms with E-state index >= 15 is 0 Å². The number of allylic oxidation sites excluding steroid dienone is 2. The van der Waals surface area contributed by atoms with E-state index in [9.17, 15) is 14.4 Å². The standard InChI is InChI=1S/C27H39N3O4.C6H6O.C4H11N.C2H5NO.C2H6/c1-19(9-7-10-21(3)34-4)15-20(2)26(32)30-18-23(27(33)28-13-8-14-31)16-22-17-29-25-12-6-5-11-24(22)25;7-6-4-2-1-3-5-6;1-2-3-4-5;1-3-2-4;1-2/h5-6,9,11-12,14,17,20-21,23,29H,7-8,10,13,15-16,18H2,1-4H3,(H,28,33)(H,30,32);1-5,7H;2-5H2,1H3;2H,1H3,(H,3,4);1-2H3/b19-9+;;;;/t20?,21-,23?;;;;/m0..../s1. The third kappa shape index (κ3) is 24.6. The number of ether oxygens (including phenoxy) is 1. The fraction of sp³-hybridized carbons (Fsp3) is 0.512. The van der Waals surface area contributed by atoms with Crippen LogP contribution >= 0.6 is 0 Å². The molecule has 0 bridgehead atoms. The van der Waals surface area contributed by atoms with Crippen molar-refractivity contribution in [2.45, 2.75) is 92.6 Å². The van der Waals surface area contributed by atoms with Gasteiger partial charge in [0.15, 0.2) is 0 Å². The lowest BCUT2D eigenvalue weighted by Gasteiger charge is -2.19. The van der Waals surface area contributed by atoms with Crippen LogP contribution in [0.2, 0.25) is 0 Å². The number of aldehydes is 1. The number of aromatic amines is 1. The van der Waals surface area contributed by atoms with Gasteiger partial charge in [0.2, 0.25) is 18.2 Å². The first kappa shape index (κ1) is 49.6. The summed E-state index contributed by atoms with van der Waals surface area (Å²) in [5.41, 5.74) is 8.35. The van der Waals surface area contributed by atoms with Crippen LogP contribution in [0.1, 0.15) is 85.6 Å². The highest BCUT2D eigenvalue weighted by Gasteiger charge is 2.22. The predicted molar refractivity (Wildman–Crippen MR) is 214 cm³/mol. The Morgan fingerprint density at radius 1 is 0.981 bits per heavy atom. The van der Waals surface area contributed by atoms with Crippen molar-refractivity contribution in [2.75, 3.05) is 33.8 Å². The molecule has 0 aliphatic rings. The molecule has 292 valence electrons. The summed E-state index contributed by atoms with van der Waals surface area (Å²) < 4.78 is 5.27. The molecule has 3 amide bonds. The van der Waals surface area contributed by atoms with Gasteiger partial charge in [0.25, 0.3) is 0 Å². The van der Waals surface area contributed by atoms with Crippen LogP contribution in [0.15, 0.2) is 72.4 Å². The number of unbranched alkanes of at least 4 members (excludes halogenated alkanes) is 1. The third-order valence-electron chi connectivity index (χ3n) is 7.57. The maximum absolute atomic E-state index is 12.8. The summed E-state index contributed by atoms with van der Waals surface area (Å²) in [6.07, 6.45) is 11.4. The van der Waals surface area contributed by atoms with E-state index in [2.05, 4.69) is 33.9 Å². The molecule has 0 radical (unpaired) electrons. The monoisotopic (exact) mass is 726 g/mol. The van der Waals surface area contributed by atoms with Gasteiger partial charge >= 0.3 is 0 Å². The summed E-state index contributed by atoms with van der Waals surface area (Å²) in [5.74, 6) is -0.536. The molecule has 3 atom stereocenters. The van der Waals surface area contributed by atoms with Crippen molar-refractivity contribution in [3.8, 4) is 5.75 Å². The Bertz CT molecular complexity index is 1360. The van der Waals surface area contributed by atoms with Gasteiger partial charge in [0, 0.05) is 56.7 Å². The molecule has 11 heteroatoms. The van der Waals surface area contributed by atoms with Crippen LogP contribution in [-0.2, 0) is 30.3 Å². The molecule has 2 aromatic carbocycles. The lowest BCUT2D eigenvalue weighted by molar-refractivity contribution is -0.126. The van der Waals surface area contributed by atoms with Crippen LogP contribution in [0.25, 0.3) is 10.9 Å². The molecule has 0 saturated carbocycles. The summed E-state index contributed by atoms with van der Waals surface area (Å²) in [6, 6.07) is 16.7. The minimum Gasteiger partial charge on any atom is -0.508 e. The number of amides is 3. The molecule has 1 aromatic heterocycles. The summed E-state index contributed by atoms with van der Waals surface area (Å²) in [6.45, 7) is 13.5. The number of nitrogens with two attached hydrogens (primary N) is 1. The SMILES string of the molecule is CC.CCCCN.CNC=O.CO[C@@H](C)CC/C=C(\C)CC(C)C(=O)NCC(Cc1c[nH]c2ccccc12)C(=O)NCCC=O.Oc1ccccc1. The molecule has 1 heterocycles. The second kappa shape index (κ2) is 33.7. The number of hydrogen-bond donors (Lipinski definition) is 6. The normalized spacial score (nSPS) is 11.9. The first-order valence-corrected chi connectivity index (χ1v) is 18.4. The van der Waals surface area contributed by atoms with E-state index in [1.54, 1.807) is 38.4 Å². The number of H-pyrrole nitrogens is 1. The lowest BCUT2D eigenvalue weighted by atomic mass is 9.96. The molecular formula is C41H67N5O6. The van der Waals surface area contributed by atoms with Gasteiger partial charge in [-0.2, -0.15) is 0 Å². The predicted octanol–water partition coefficient (Wildman–Crippen LogP) is 6.46. The van der Waals surface area contributed by atoms with E-state index in [0.29, 0.717) is 31.5 Å². The smallest absolute Gasteiger partial charge is 0.225 e. The number of rotatable bonds is 18. The van der Waals surface area contributed by atoms with E-state index in [-0.39, 0.29) is 36.8 Å². The number of hydrogen-bond acceptors (Lipinski definition) is 7. The van der Waals surface area contributed by atoms with E-state index in [4.69, 9.17) is 20.4 Å². The number of carbonyl (C=O) groups excluding carboxylic acids is 4. The third-order valence-corrected chi connectivity index (χ3v) is 7.57. The first-order chi connectivity index (χ1) is 25.1. The van der Waals surface area contributed by atoms with Crippen molar-refractivity contribution >= 4 is 35.4 Å². The number of benzene rings is 2. The number of para-hydroxylation sites is 2. The Balaban J connectivity index is 0. The van der Waals surface area contributed by atoms with Gasteiger partial charge in [-0.05, 0) is 76.3 Å². The molecule has 0 fully saturated rings. The molecule has 2 unspecified atom stereocenters. The van der Waals surface area contributed by atoms with Crippen LogP contribution in [-0.4, -0.2) is 74.5 Å². The van der Waals surface area contributed by atoms with E-state index in [1.807, 2.05) is 71.1 Å². The Morgan fingerprint density at radius 2 is 1.62 bits per heavy atom. The quantitative estimate of drug-likeness (QED) is 0.0495. The minimum absolute atomic E-state index is 0.0670. The molecule has 11 nitrogen and oxygen atoms in total. The fourth-order valence-corrected chi connectivity index (χ4v) is 4.59. The molecule has 52 heavy (non-hydrogen) atoms. The molecule has 0 aliphatic carbocycles. The number of aromatic hydroxyl groups is 1. The average Bonchev–Trinajstić information content (AvgIpc) is 3.57. The summed E-state index contributed by atoms with van der Waals surface area (Å²) in [5, 5.41) is 17.7. The van der Waals surface area contributed by atoms with E-state index in [1.165, 1.54) is 18.4 Å². The Morgan fingerprint density at radius 3 is 2.13 bits per heavy atom. The van der Waals surface area contributed by atoms with Crippen LogP contribution < -0.4 is 21.7 Å². The summed E-state index contributed by atoms with van der Waals surface area (Å²) in [4.78, 5) is 48.5. The van der Waals surface area contributed by atoms with Crippen molar-refractivity contribution < 1.29 is 29.0 Å². The van der Waals surface area contributed by atoms with Crippen molar-refractivity contribution in [3.63, 3.8) is 0 Å². The number of carbonyl (C=O) groups is 4. The van der Waals surface area contributed by atoms with Crippen molar-refractivity contribution in [3.05, 3.63) is 78.0 Å². The maximum Gasteiger partial charge on any atom is 0.225 e. The highest BCUT2D eigenvalue weighted by molar-refractivity contribution is 5.85. The topological polar surface area (TPSA) is 176 Å². The van der Waals surface area contributed by atoms with Crippen LogP contribution in [0.4, 0.5) is 0 Å². The van der Waals surface area contributed by atoms with Gasteiger partial charge in [0.1, 0.15) is 12.0 Å². The summed E-state index contributed by atoms with van der Waals surface area (Å²) >= 11 is 0. The Hall–Kier alpha value is -4.48. The molecule has 3 aromatic rings. The summed E-state index contributed by atoms with van der Waals surface area (Å²) in [7, 11) is 3.27. The highest BCUT2D eigenvalue weighted by atomic mass is 16.5. The second-order valence-electron chi connectivity index (χ2n) is 11.9. The van der Waals surface area contributed by atoms with Gasteiger partial charge in [-0.25, -0.2) is 0 Å². The number of phenolic OH excluding ortho intramolecular Hbond substituents is 1. The molecule has 0 saturated heterocycles. The number of fused-ring (bicyclic) bond motifs is 1. The molecule has 7 N–H and O–H groups in total. The van der Waals surface area contributed by atoms with Gasteiger partial charge in [-0.3, -0.25) is 14.4 Å². The van der Waals surface area contributed by atoms with Gasteiger partial charge in [-0.1, -0.05) is 82.2 Å². The highest BCUT2D eigenvalue weighted by Crippen LogP contribution is 2.21. The molecule has 0 aliphatic heterocycles. The Labute approximate surface area is 312 Å². The minimum atomic E-state index is -0.436. The van der Waals surface area contributed by atoms with Crippen molar-refractivity contribution in [1.82, 2.24) is 20.9 Å². The Kier molecular flexibility index (Phi) is 32.1. The van der Waals surface area contributed by atoms with Gasteiger partial charge in [0.05, 0.1) is 12.0 Å². The van der Waals surface area contributed by atoms with Gasteiger partial charge in [-0.15, -0.1) is 0 Å². The van der Waals surface area contributed by atoms with Crippen molar-refractivity contribution in [2.24, 2.45) is 17.6 Å². The zero-order chi connectivity index (χ0) is 39.6. The number of phenols is 1. The van der Waals surface area contributed by atoms with E-state index < -0.39 is 5.92 Å². The number of methoxy groups -OCH3 is 1. The maximum atomic E-state index is 12.8. The molecular weight excluding hydrogens is 658 g/mol. The average molecular weight is 726 g/mol. The van der Waals surface area contributed by atoms with Gasteiger partial charge < -0.3 is 41.3 Å². The van der Waals surface area contributed by atoms with E-state index in [0.717, 1.165) is 42.1 Å². The van der Waals surface area contributed by atoms with Crippen LogP contribution in [0.3, 0.4) is 0 Å². The molecule has 3 rings (SSSR count). The fourth-order valence-electron chi connectivity index (χ4n) is 4.59. The largest absolute Gasteiger partial charge is 0.508 e. The zero-order valence-corrected chi connectivity index (χ0v) is 32.9. The first-order valence-electron chi connectivity index (χ1n) is 18.4. The second-order valence-corrected chi connectivity index (χ2v) is 11.9. The lowest BCUT2D eigenvalue weighted by Crippen LogP contribution is -2.41. The number of nitrogens with one attached hydrogen (secondary N) is 4. The van der Waals surface area contributed by atoms with Crippen LogP contribution in [0.5, 0.6) is 5.75 Å². The molecule has 0 spiro atoms.